The zero-order chi connectivity index (χ0) is 15.4. The van der Waals surface area contributed by atoms with Gasteiger partial charge in [0.15, 0.2) is 16.6 Å². The van der Waals surface area contributed by atoms with E-state index in [1.165, 1.54) is 4.88 Å². The average Bonchev–Trinajstić information content (AvgIpc) is 3.18. The number of hydrogen-bond acceptors (Lipinski definition) is 6. The Morgan fingerprint density at radius 3 is 2.91 bits per heavy atom. The minimum Gasteiger partial charge on any atom is -0.454 e. The first-order valence-electron chi connectivity index (χ1n) is 7.59. The summed E-state index contributed by atoms with van der Waals surface area (Å²) in [4.78, 5) is 8.01. The number of thiazole rings is 1. The van der Waals surface area contributed by atoms with Crippen LogP contribution in [0, 0.1) is 0 Å². The summed E-state index contributed by atoms with van der Waals surface area (Å²) >= 11 is 1.75. The Morgan fingerprint density at radius 1 is 1.23 bits per heavy atom. The van der Waals surface area contributed by atoms with Crippen LogP contribution in [0.25, 0.3) is 0 Å². The fourth-order valence-electron chi connectivity index (χ4n) is 2.47. The SMILES string of the molecule is CCN(CC)c1ncc(CNCc2cccc3c2OCO3)s1. The molecule has 22 heavy (non-hydrogen) atoms. The molecule has 1 N–H and O–H groups in total. The molecule has 3 rings (SSSR count). The summed E-state index contributed by atoms with van der Waals surface area (Å²) in [7, 11) is 0. The molecule has 1 aliphatic rings. The van der Waals surface area contributed by atoms with E-state index in [2.05, 4.69) is 35.1 Å². The number of anilines is 1. The monoisotopic (exact) mass is 319 g/mol. The lowest BCUT2D eigenvalue weighted by Crippen LogP contribution is -2.21. The van der Waals surface area contributed by atoms with Crippen LogP contribution in [0.5, 0.6) is 11.5 Å². The molecule has 0 saturated heterocycles. The predicted molar refractivity (Wildman–Crippen MR) is 88.8 cm³/mol. The fourth-order valence-corrected chi connectivity index (χ4v) is 3.48. The number of aromatic nitrogens is 1. The van der Waals surface area contributed by atoms with Crippen LogP contribution in [0.3, 0.4) is 0 Å². The van der Waals surface area contributed by atoms with E-state index >= 15 is 0 Å². The van der Waals surface area contributed by atoms with Crippen molar-refractivity contribution in [3.8, 4) is 11.5 Å². The highest BCUT2D eigenvalue weighted by molar-refractivity contribution is 7.15. The van der Waals surface area contributed by atoms with E-state index in [1.54, 1.807) is 11.3 Å². The Morgan fingerprint density at radius 2 is 2.09 bits per heavy atom. The van der Waals surface area contributed by atoms with E-state index in [0.29, 0.717) is 6.79 Å². The van der Waals surface area contributed by atoms with Crippen LogP contribution in [0.2, 0.25) is 0 Å². The maximum Gasteiger partial charge on any atom is 0.231 e. The van der Waals surface area contributed by atoms with Gasteiger partial charge >= 0.3 is 0 Å². The van der Waals surface area contributed by atoms with Gasteiger partial charge in [0.25, 0.3) is 0 Å². The molecular formula is C16H21N3O2S. The molecule has 0 fully saturated rings. The van der Waals surface area contributed by atoms with Gasteiger partial charge in [-0.2, -0.15) is 0 Å². The van der Waals surface area contributed by atoms with Crippen molar-refractivity contribution in [1.29, 1.82) is 0 Å². The number of hydrogen-bond donors (Lipinski definition) is 1. The van der Waals surface area contributed by atoms with Crippen molar-refractivity contribution < 1.29 is 9.47 Å². The predicted octanol–water partition coefficient (Wildman–Crippen LogP) is 3.01. The van der Waals surface area contributed by atoms with Crippen LogP contribution < -0.4 is 19.7 Å². The number of rotatable bonds is 7. The average molecular weight is 319 g/mol. The second-order valence-electron chi connectivity index (χ2n) is 5.04. The topological polar surface area (TPSA) is 46.6 Å². The first-order chi connectivity index (χ1) is 10.8. The van der Waals surface area contributed by atoms with Crippen molar-refractivity contribution in [2.45, 2.75) is 26.9 Å². The normalized spacial score (nSPS) is 12.6. The van der Waals surface area contributed by atoms with Gasteiger partial charge in [0.1, 0.15) is 0 Å². The molecule has 5 nitrogen and oxygen atoms in total. The summed E-state index contributed by atoms with van der Waals surface area (Å²) in [6.07, 6.45) is 1.96. The summed E-state index contributed by atoms with van der Waals surface area (Å²) in [5.41, 5.74) is 1.13. The molecule has 0 atom stereocenters. The second-order valence-corrected chi connectivity index (χ2v) is 6.13. The van der Waals surface area contributed by atoms with Gasteiger partial charge in [-0.05, 0) is 19.9 Å². The molecule has 0 amide bonds. The number of para-hydroxylation sites is 1. The Labute approximate surface area is 134 Å². The van der Waals surface area contributed by atoms with Crippen LogP contribution >= 0.6 is 11.3 Å². The summed E-state index contributed by atoms with van der Waals surface area (Å²) in [5, 5.41) is 4.55. The van der Waals surface area contributed by atoms with Crippen LogP contribution in [-0.4, -0.2) is 24.9 Å². The van der Waals surface area contributed by atoms with Gasteiger partial charge in [0, 0.05) is 42.8 Å². The maximum atomic E-state index is 5.52. The molecule has 118 valence electrons. The van der Waals surface area contributed by atoms with E-state index < -0.39 is 0 Å². The largest absolute Gasteiger partial charge is 0.454 e. The lowest BCUT2D eigenvalue weighted by molar-refractivity contribution is 0.173. The molecule has 6 heteroatoms. The first-order valence-corrected chi connectivity index (χ1v) is 8.41. The molecule has 0 aliphatic carbocycles. The van der Waals surface area contributed by atoms with E-state index in [9.17, 15) is 0 Å². The van der Waals surface area contributed by atoms with Crippen molar-refractivity contribution in [3.63, 3.8) is 0 Å². The maximum absolute atomic E-state index is 5.52. The van der Waals surface area contributed by atoms with Crippen molar-refractivity contribution in [2.75, 3.05) is 24.8 Å². The number of ether oxygens (including phenoxy) is 2. The van der Waals surface area contributed by atoms with Crippen molar-refractivity contribution in [3.05, 3.63) is 34.8 Å². The lowest BCUT2D eigenvalue weighted by atomic mass is 10.2. The minimum atomic E-state index is 0.314. The van der Waals surface area contributed by atoms with Crippen LogP contribution in [0.1, 0.15) is 24.3 Å². The molecule has 1 aromatic heterocycles. The third kappa shape index (κ3) is 3.18. The Balaban J connectivity index is 1.57. The summed E-state index contributed by atoms with van der Waals surface area (Å²) < 4.78 is 10.9. The van der Waals surface area contributed by atoms with E-state index in [4.69, 9.17) is 9.47 Å². The number of benzene rings is 1. The van der Waals surface area contributed by atoms with Gasteiger partial charge in [0.05, 0.1) is 0 Å². The molecule has 0 radical (unpaired) electrons. The van der Waals surface area contributed by atoms with Gasteiger partial charge < -0.3 is 19.7 Å². The summed E-state index contributed by atoms with van der Waals surface area (Å²) in [6, 6.07) is 6.00. The molecular weight excluding hydrogens is 298 g/mol. The number of nitrogens with one attached hydrogen (secondary N) is 1. The van der Waals surface area contributed by atoms with Gasteiger partial charge in [-0.15, -0.1) is 11.3 Å². The number of fused-ring (bicyclic) bond motifs is 1. The molecule has 1 aromatic carbocycles. The van der Waals surface area contributed by atoms with Gasteiger partial charge in [0.2, 0.25) is 6.79 Å². The third-order valence-electron chi connectivity index (χ3n) is 3.67. The second kappa shape index (κ2) is 6.98. The molecule has 0 saturated carbocycles. The van der Waals surface area contributed by atoms with Crippen LogP contribution in [0.15, 0.2) is 24.4 Å². The smallest absolute Gasteiger partial charge is 0.231 e. The Kier molecular flexibility index (Phi) is 4.80. The Hall–Kier alpha value is -1.79. The van der Waals surface area contributed by atoms with Crippen LogP contribution in [0.4, 0.5) is 5.13 Å². The molecule has 1 aliphatic heterocycles. The van der Waals surface area contributed by atoms with Gasteiger partial charge in [-0.1, -0.05) is 12.1 Å². The Bertz CT molecular complexity index is 626. The van der Waals surface area contributed by atoms with Gasteiger partial charge in [-0.3, -0.25) is 0 Å². The molecule has 0 spiro atoms. The van der Waals surface area contributed by atoms with Crippen molar-refractivity contribution in [1.82, 2.24) is 10.3 Å². The highest BCUT2D eigenvalue weighted by Crippen LogP contribution is 2.35. The van der Waals surface area contributed by atoms with E-state index in [1.807, 2.05) is 18.3 Å². The van der Waals surface area contributed by atoms with Crippen LogP contribution in [-0.2, 0) is 13.1 Å². The third-order valence-corrected chi connectivity index (χ3v) is 4.73. The first kappa shape index (κ1) is 15.1. The molecule has 2 heterocycles. The highest BCUT2D eigenvalue weighted by atomic mass is 32.1. The van der Waals surface area contributed by atoms with E-state index in [0.717, 1.165) is 48.4 Å². The zero-order valence-corrected chi connectivity index (χ0v) is 13.8. The standard InChI is InChI=1S/C16H21N3O2S/c1-3-19(4-2)16-18-10-13(22-16)9-17-8-12-6-5-7-14-15(12)21-11-20-14/h5-7,10,17H,3-4,8-9,11H2,1-2H3. The highest BCUT2D eigenvalue weighted by Gasteiger charge is 2.16. The molecule has 0 unspecified atom stereocenters. The minimum absolute atomic E-state index is 0.314. The van der Waals surface area contributed by atoms with Gasteiger partial charge in [-0.25, -0.2) is 4.98 Å². The lowest BCUT2D eigenvalue weighted by Gasteiger charge is -2.16. The molecule has 0 bridgehead atoms. The van der Waals surface area contributed by atoms with Crippen molar-refractivity contribution in [2.24, 2.45) is 0 Å². The quantitative estimate of drug-likeness (QED) is 0.850. The summed E-state index contributed by atoms with van der Waals surface area (Å²) in [6.45, 7) is 8.17. The molecule has 2 aromatic rings. The zero-order valence-electron chi connectivity index (χ0n) is 13.0. The summed E-state index contributed by atoms with van der Waals surface area (Å²) in [5.74, 6) is 1.70. The van der Waals surface area contributed by atoms with Crippen molar-refractivity contribution >= 4 is 16.5 Å². The fraction of sp³-hybridized carbons (Fsp3) is 0.438. The van der Waals surface area contributed by atoms with E-state index in [-0.39, 0.29) is 0 Å². The number of nitrogens with zero attached hydrogens (tertiary/aromatic N) is 2.